The molecule has 1 aromatic rings. The number of carbonyl (C=O) groups is 2. The molecule has 1 aliphatic heterocycles. The minimum Gasteiger partial charge on any atom is -0.342 e. The first-order valence-corrected chi connectivity index (χ1v) is 7.64. The van der Waals surface area contributed by atoms with Gasteiger partial charge in [-0.25, -0.2) is 0 Å². The molecule has 5 heteroatoms. The van der Waals surface area contributed by atoms with Crippen LogP contribution in [0.4, 0.5) is 5.69 Å². The van der Waals surface area contributed by atoms with E-state index < -0.39 is 12.1 Å². The van der Waals surface area contributed by atoms with Crippen LogP contribution < -0.4 is 10.2 Å². The quantitative estimate of drug-likeness (QED) is 0.933. The highest BCUT2D eigenvalue weighted by molar-refractivity contribution is 6.34. The number of anilines is 1. The molecule has 0 bridgehead atoms. The van der Waals surface area contributed by atoms with Crippen LogP contribution in [0.25, 0.3) is 0 Å². The van der Waals surface area contributed by atoms with Crippen molar-refractivity contribution in [1.82, 2.24) is 5.32 Å². The zero-order chi connectivity index (χ0) is 15.7. The van der Waals surface area contributed by atoms with Crippen molar-refractivity contribution in [3.63, 3.8) is 0 Å². The van der Waals surface area contributed by atoms with Crippen molar-refractivity contribution >= 4 is 29.1 Å². The standard InChI is InChI=1S/C16H21ClN2O2/c1-5-9(2)13-16(21)19(11(4)15(20)18-13)14-10(3)7-6-8-12(14)17/h6-9,11,13H,5H2,1-4H3,(H,18,20). The van der Waals surface area contributed by atoms with Crippen LogP contribution in [0.15, 0.2) is 18.2 Å². The molecule has 3 atom stereocenters. The summed E-state index contributed by atoms with van der Waals surface area (Å²) in [5.41, 5.74) is 1.53. The summed E-state index contributed by atoms with van der Waals surface area (Å²) >= 11 is 6.28. The van der Waals surface area contributed by atoms with E-state index in [0.717, 1.165) is 12.0 Å². The van der Waals surface area contributed by atoms with Gasteiger partial charge in [0.1, 0.15) is 12.1 Å². The molecule has 1 N–H and O–H groups in total. The molecule has 1 aromatic carbocycles. The lowest BCUT2D eigenvalue weighted by Gasteiger charge is -2.40. The van der Waals surface area contributed by atoms with Gasteiger partial charge in [0.2, 0.25) is 5.91 Å². The number of rotatable bonds is 3. The molecule has 0 spiro atoms. The summed E-state index contributed by atoms with van der Waals surface area (Å²) in [5.74, 6) is -0.147. The number of para-hydroxylation sites is 1. The molecule has 0 aromatic heterocycles. The maximum Gasteiger partial charge on any atom is 0.250 e. The van der Waals surface area contributed by atoms with Crippen LogP contribution in [0.1, 0.15) is 32.8 Å². The van der Waals surface area contributed by atoms with Crippen molar-refractivity contribution in [2.45, 2.75) is 46.2 Å². The normalized spacial score (nSPS) is 24.0. The van der Waals surface area contributed by atoms with Crippen molar-refractivity contribution < 1.29 is 9.59 Å². The van der Waals surface area contributed by atoms with Crippen LogP contribution in [-0.2, 0) is 9.59 Å². The van der Waals surface area contributed by atoms with E-state index in [1.165, 1.54) is 0 Å². The number of nitrogens with zero attached hydrogens (tertiary/aromatic N) is 1. The van der Waals surface area contributed by atoms with Crippen molar-refractivity contribution in [3.05, 3.63) is 28.8 Å². The Morgan fingerprint density at radius 3 is 2.62 bits per heavy atom. The predicted octanol–water partition coefficient (Wildman–Crippen LogP) is 2.91. The highest BCUT2D eigenvalue weighted by Crippen LogP contribution is 2.33. The molecule has 4 nitrogen and oxygen atoms in total. The molecular formula is C16H21ClN2O2. The average molecular weight is 309 g/mol. The maximum atomic E-state index is 12.8. The molecule has 1 aliphatic rings. The van der Waals surface area contributed by atoms with Crippen LogP contribution in [0.3, 0.4) is 0 Å². The number of hydrogen-bond donors (Lipinski definition) is 1. The average Bonchev–Trinajstić information content (AvgIpc) is 2.45. The second-order valence-corrected chi connectivity index (χ2v) is 6.07. The fourth-order valence-electron chi connectivity index (χ4n) is 2.65. The zero-order valence-corrected chi connectivity index (χ0v) is 13.6. The minimum absolute atomic E-state index is 0.0826. The molecule has 3 unspecified atom stereocenters. The highest BCUT2D eigenvalue weighted by Gasteiger charge is 2.41. The first-order chi connectivity index (χ1) is 9.88. The summed E-state index contributed by atoms with van der Waals surface area (Å²) in [4.78, 5) is 26.6. The number of nitrogens with one attached hydrogen (secondary N) is 1. The van der Waals surface area contributed by atoms with Gasteiger partial charge < -0.3 is 5.32 Å². The maximum absolute atomic E-state index is 12.8. The monoisotopic (exact) mass is 308 g/mol. The number of aryl methyl sites for hydroxylation is 1. The van der Waals surface area contributed by atoms with E-state index in [2.05, 4.69) is 5.32 Å². The lowest BCUT2D eigenvalue weighted by molar-refractivity contribution is -0.134. The van der Waals surface area contributed by atoms with Crippen LogP contribution >= 0.6 is 11.6 Å². The minimum atomic E-state index is -0.559. The number of benzene rings is 1. The number of amides is 2. The molecule has 1 heterocycles. The van der Waals surface area contributed by atoms with Crippen molar-refractivity contribution in [2.24, 2.45) is 5.92 Å². The van der Waals surface area contributed by atoms with Crippen LogP contribution in [-0.4, -0.2) is 23.9 Å². The van der Waals surface area contributed by atoms with E-state index in [-0.39, 0.29) is 17.7 Å². The van der Waals surface area contributed by atoms with Gasteiger partial charge in [-0.05, 0) is 31.4 Å². The van der Waals surface area contributed by atoms with Gasteiger partial charge in [-0.1, -0.05) is 44.0 Å². The number of carbonyl (C=O) groups excluding carboxylic acids is 2. The third kappa shape index (κ3) is 2.77. The lowest BCUT2D eigenvalue weighted by atomic mass is 9.93. The first kappa shape index (κ1) is 15.8. The van der Waals surface area contributed by atoms with Crippen molar-refractivity contribution in [3.8, 4) is 0 Å². The number of halogens is 1. The van der Waals surface area contributed by atoms with E-state index in [9.17, 15) is 9.59 Å². The largest absolute Gasteiger partial charge is 0.342 e. The van der Waals surface area contributed by atoms with E-state index in [1.807, 2.05) is 32.9 Å². The Morgan fingerprint density at radius 1 is 1.38 bits per heavy atom. The zero-order valence-electron chi connectivity index (χ0n) is 12.8. The molecule has 114 valence electrons. The second-order valence-electron chi connectivity index (χ2n) is 5.66. The fourth-order valence-corrected chi connectivity index (χ4v) is 2.96. The third-order valence-electron chi connectivity index (χ3n) is 4.21. The third-order valence-corrected chi connectivity index (χ3v) is 4.52. The number of hydrogen-bond acceptors (Lipinski definition) is 2. The highest BCUT2D eigenvalue weighted by atomic mass is 35.5. The first-order valence-electron chi connectivity index (χ1n) is 7.27. The summed E-state index contributed by atoms with van der Waals surface area (Å²) in [6.07, 6.45) is 0.820. The SMILES string of the molecule is CCC(C)C1NC(=O)C(C)N(c2c(C)cccc2Cl)C1=O. The van der Waals surface area contributed by atoms with Gasteiger partial charge in [0.05, 0.1) is 10.7 Å². The Morgan fingerprint density at radius 2 is 2.05 bits per heavy atom. The van der Waals surface area contributed by atoms with Crippen molar-refractivity contribution in [1.29, 1.82) is 0 Å². The molecule has 21 heavy (non-hydrogen) atoms. The van der Waals surface area contributed by atoms with Crippen LogP contribution in [0.2, 0.25) is 5.02 Å². The van der Waals surface area contributed by atoms with Gasteiger partial charge in [-0.15, -0.1) is 0 Å². The van der Waals surface area contributed by atoms with Crippen LogP contribution in [0.5, 0.6) is 0 Å². The smallest absolute Gasteiger partial charge is 0.250 e. The molecule has 2 rings (SSSR count). The molecule has 1 saturated heterocycles. The van der Waals surface area contributed by atoms with E-state index in [4.69, 9.17) is 11.6 Å². The molecule has 2 amide bonds. The molecule has 0 radical (unpaired) electrons. The summed E-state index contributed by atoms with van der Waals surface area (Å²) in [6, 6.07) is 4.43. The summed E-state index contributed by atoms with van der Waals surface area (Å²) in [7, 11) is 0. The van der Waals surface area contributed by atoms with Crippen LogP contribution in [0, 0.1) is 12.8 Å². The van der Waals surface area contributed by atoms with Gasteiger partial charge in [0.15, 0.2) is 0 Å². The topological polar surface area (TPSA) is 49.4 Å². The van der Waals surface area contributed by atoms with Gasteiger partial charge >= 0.3 is 0 Å². The Balaban J connectivity index is 2.49. The van der Waals surface area contributed by atoms with E-state index in [0.29, 0.717) is 10.7 Å². The van der Waals surface area contributed by atoms with Gasteiger partial charge in [0, 0.05) is 0 Å². The molecular weight excluding hydrogens is 288 g/mol. The van der Waals surface area contributed by atoms with Gasteiger partial charge in [-0.2, -0.15) is 0 Å². The lowest BCUT2D eigenvalue weighted by Crippen LogP contribution is -2.64. The Hall–Kier alpha value is -1.55. The predicted molar refractivity (Wildman–Crippen MR) is 84.5 cm³/mol. The Bertz CT molecular complexity index is 553. The van der Waals surface area contributed by atoms with Crippen molar-refractivity contribution in [2.75, 3.05) is 4.90 Å². The van der Waals surface area contributed by atoms with Gasteiger partial charge in [0.25, 0.3) is 5.91 Å². The summed E-state index contributed by atoms with van der Waals surface area (Å²) in [6.45, 7) is 7.60. The Kier molecular flexibility index (Phi) is 4.57. The molecule has 0 aliphatic carbocycles. The summed E-state index contributed by atoms with van der Waals surface area (Å²) < 4.78 is 0. The molecule has 0 saturated carbocycles. The second kappa shape index (κ2) is 6.06. The fraction of sp³-hybridized carbons (Fsp3) is 0.500. The van der Waals surface area contributed by atoms with Gasteiger partial charge in [-0.3, -0.25) is 14.5 Å². The van der Waals surface area contributed by atoms with E-state index >= 15 is 0 Å². The summed E-state index contributed by atoms with van der Waals surface area (Å²) in [5, 5.41) is 3.33. The molecule has 1 fully saturated rings. The number of piperazine rings is 1. The van der Waals surface area contributed by atoms with E-state index in [1.54, 1.807) is 17.9 Å². The Labute approximate surface area is 130 Å².